The molecule has 5 nitrogen and oxygen atoms in total. The molecule has 98 valence electrons. The number of hydrogen-bond donors (Lipinski definition) is 0. The van der Waals surface area contributed by atoms with Gasteiger partial charge in [-0.3, -0.25) is 4.79 Å². The van der Waals surface area contributed by atoms with Gasteiger partial charge in [-0.2, -0.15) is 5.26 Å². The molecule has 3 aromatic rings. The zero-order valence-electron chi connectivity index (χ0n) is 10.5. The molecule has 0 amide bonds. The first-order valence-corrected chi connectivity index (χ1v) is 6.91. The molecule has 0 fully saturated rings. The third kappa shape index (κ3) is 2.19. The number of rotatable bonds is 3. The molecule has 0 spiro atoms. The highest BCUT2D eigenvalue weighted by Crippen LogP contribution is 2.30. The molecule has 0 atom stereocenters. The van der Waals surface area contributed by atoms with Crippen LogP contribution in [0.25, 0.3) is 20.7 Å². The number of hydrogen-bond acceptors (Lipinski definition) is 5. The third-order valence-corrected chi connectivity index (χ3v) is 3.98. The van der Waals surface area contributed by atoms with Gasteiger partial charge in [-0.25, -0.2) is 4.68 Å². The van der Waals surface area contributed by atoms with Crippen LogP contribution >= 0.6 is 11.3 Å². The summed E-state index contributed by atoms with van der Waals surface area (Å²) < 4.78 is 1.24. The van der Waals surface area contributed by atoms with Crippen molar-refractivity contribution in [3.63, 3.8) is 0 Å². The van der Waals surface area contributed by atoms with E-state index < -0.39 is 0 Å². The predicted octanol–water partition coefficient (Wildman–Crippen LogP) is 2.43. The fourth-order valence-electron chi connectivity index (χ4n) is 1.93. The van der Waals surface area contributed by atoms with Crippen molar-refractivity contribution >= 4 is 21.6 Å². The fraction of sp³-hybridized carbons (Fsp3) is 0.143. The van der Waals surface area contributed by atoms with Crippen molar-refractivity contribution < 1.29 is 0 Å². The number of aromatic nitrogens is 3. The van der Waals surface area contributed by atoms with E-state index in [0.29, 0.717) is 10.2 Å². The maximum atomic E-state index is 12.2. The van der Waals surface area contributed by atoms with E-state index >= 15 is 0 Å². The molecule has 0 aliphatic carbocycles. The lowest BCUT2D eigenvalue weighted by Crippen LogP contribution is -2.23. The number of thiophene rings is 1. The van der Waals surface area contributed by atoms with Crippen molar-refractivity contribution in [2.24, 2.45) is 0 Å². The van der Waals surface area contributed by atoms with Gasteiger partial charge < -0.3 is 0 Å². The first kappa shape index (κ1) is 12.5. The van der Waals surface area contributed by atoms with Gasteiger partial charge in [0, 0.05) is 4.88 Å². The Kier molecular flexibility index (Phi) is 3.27. The van der Waals surface area contributed by atoms with Gasteiger partial charge >= 0.3 is 0 Å². The van der Waals surface area contributed by atoms with Crippen molar-refractivity contribution in [2.45, 2.75) is 13.0 Å². The molecule has 0 aliphatic rings. The number of aryl methyl sites for hydroxylation is 1. The van der Waals surface area contributed by atoms with E-state index in [-0.39, 0.29) is 18.5 Å². The van der Waals surface area contributed by atoms with Crippen LogP contribution in [0.4, 0.5) is 0 Å². The molecule has 2 aromatic heterocycles. The maximum Gasteiger partial charge on any atom is 0.278 e. The van der Waals surface area contributed by atoms with Crippen LogP contribution in [0.1, 0.15) is 6.42 Å². The van der Waals surface area contributed by atoms with E-state index in [2.05, 4.69) is 10.3 Å². The van der Waals surface area contributed by atoms with E-state index in [0.717, 1.165) is 10.4 Å². The highest BCUT2D eigenvalue weighted by molar-refractivity contribution is 7.21. The van der Waals surface area contributed by atoms with Crippen LogP contribution in [0.2, 0.25) is 0 Å². The summed E-state index contributed by atoms with van der Waals surface area (Å²) in [7, 11) is 0. The zero-order valence-corrected chi connectivity index (χ0v) is 11.3. The summed E-state index contributed by atoms with van der Waals surface area (Å²) in [6.07, 6.45) is 0.246. The Bertz CT molecular complexity index is 845. The normalized spacial score (nSPS) is 10.6. The second kappa shape index (κ2) is 5.23. The molecule has 20 heavy (non-hydrogen) atoms. The van der Waals surface area contributed by atoms with Crippen molar-refractivity contribution in [2.75, 3.05) is 0 Å². The molecular formula is C14H10N4OS. The van der Waals surface area contributed by atoms with Crippen molar-refractivity contribution in [3.05, 3.63) is 46.8 Å². The van der Waals surface area contributed by atoms with Crippen LogP contribution in [-0.4, -0.2) is 15.0 Å². The minimum atomic E-state index is -0.191. The van der Waals surface area contributed by atoms with E-state index in [1.54, 1.807) is 0 Å². The summed E-state index contributed by atoms with van der Waals surface area (Å²) in [5.41, 5.74) is 0.863. The minimum Gasteiger partial charge on any atom is -0.267 e. The summed E-state index contributed by atoms with van der Waals surface area (Å²) in [6.45, 7) is 0.273. The van der Waals surface area contributed by atoms with E-state index in [1.165, 1.54) is 16.0 Å². The third-order valence-electron chi connectivity index (χ3n) is 2.91. The largest absolute Gasteiger partial charge is 0.278 e. The van der Waals surface area contributed by atoms with Crippen LogP contribution in [0.3, 0.4) is 0 Å². The number of benzene rings is 1. The quantitative estimate of drug-likeness (QED) is 0.739. The molecule has 0 saturated heterocycles. The van der Waals surface area contributed by atoms with Gasteiger partial charge in [-0.15, -0.1) is 16.4 Å². The Labute approximate surface area is 118 Å². The Morgan fingerprint density at radius 2 is 2.10 bits per heavy atom. The summed E-state index contributed by atoms with van der Waals surface area (Å²) in [5.74, 6) is 0. The summed E-state index contributed by atoms with van der Waals surface area (Å²) in [5, 5.41) is 17.1. The fourth-order valence-corrected chi connectivity index (χ4v) is 2.90. The number of nitriles is 1. The number of nitrogens with zero attached hydrogens (tertiary/aromatic N) is 4. The molecule has 0 radical (unpaired) electrons. The first-order valence-electron chi connectivity index (χ1n) is 6.09. The Morgan fingerprint density at radius 3 is 2.85 bits per heavy atom. The molecule has 6 heteroatoms. The summed E-state index contributed by atoms with van der Waals surface area (Å²) in [4.78, 5) is 13.9. The first-order chi connectivity index (χ1) is 9.79. The van der Waals surface area contributed by atoms with Crippen LogP contribution in [0.15, 0.2) is 41.2 Å². The summed E-state index contributed by atoms with van der Waals surface area (Å²) >= 11 is 1.45. The van der Waals surface area contributed by atoms with Crippen LogP contribution in [0.5, 0.6) is 0 Å². The standard InChI is InChI=1S/C14H10N4OS/c15-7-4-8-18-14(19)11-9-12(20-13(11)16-17-18)10-5-2-1-3-6-10/h1-3,5-6,9H,4,8H2. The second-order valence-corrected chi connectivity index (χ2v) is 5.25. The van der Waals surface area contributed by atoms with Gasteiger partial charge in [0.1, 0.15) is 0 Å². The molecule has 0 unspecified atom stereocenters. The van der Waals surface area contributed by atoms with Gasteiger partial charge in [-0.05, 0) is 11.6 Å². The molecular weight excluding hydrogens is 272 g/mol. The molecule has 3 rings (SSSR count). The topological polar surface area (TPSA) is 71.6 Å². The predicted molar refractivity (Wildman–Crippen MR) is 77.3 cm³/mol. The molecule has 0 aliphatic heterocycles. The molecule has 2 heterocycles. The van der Waals surface area contributed by atoms with E-state index in [4.69, 9.17) is 5.26 Å². The van der Waals surface area contributed by atoms with Crippen LogP contribution in [-0.2, 0) is 6.54 Å². The second-order valence-electron chi connectivity index (χ2n) is 4.22. The van der Waals surface area contributed by atoms with Gasteiger partial charge in [0.15, 0.2) is 4.83 Å². The van der Waals surface area contributed by atoms with Crippen molar-refractivity contribution in [1.82, 2.24) is 15.0 Å². The van der Waals surface area contributed by atoms with E-state index in [9.17, 15) is 4.79 Å². The van der Waals surface area contributed by atoms with Crippen molar-refractivity contribution in [3.8, 4) is 16.5 Å². The Morgan fingerprint density at radius 1 is 1.30 bits per heavy atom. The molecule has 1 aromatic carbocycles. The molecule has 0 bridgehead atoms. The smallest absolute Gasteiger partial charge is 0.267 e. The lowest BCUT2D eigenvalue weighted by molar-refractivity contribution is 0.559. The van der Waals surface area contributed by atoms with Gasteiger partial charge in [0.05, 0.1) is 24.4 Å². The van der Waals surface area contributed by atoms with Crippen molar-refractivity contribution in [1.29, 1.82) is 5.26 Å². The van der Waals surface area contributed by atoms with E-state index in [1.807, 2.05) is 42.5 Å². The molecule has 0 N–H and O–H groups in total. The SMILES string of the molecule is N#CCCn1nnc2sc(-c3ccccc3)cc2c1=O. The lowest BCUT2D eigenvalue weighted by atomic mass is 10.2. The Balaban J connectivity index is 2.10. The highest BCUT2D eigenvalue weighted by Gasteiger charge is 2.11. The maximum absolute atomic E-state index is 12.2. The van der Waals surface area contributed by atoms with Gasteiger partial charge in [-0.1, -0.05) is 35.5 Å². The lowest BCUT2D eigenvalue weighted by Gasteiger charge is -1.97. The van der Waals surface area contributed by atoms with Crippen LogP contribution < -0.4 is 5.56 Å². The Hall–Kier alpha value is -2.52. The van der Waals surface area contributed by atoms with Gasteiger partial charge in [0.25, 0.3) is 5.56 Å². The minimum absolute atomic E-state index is 0.191. The van der Waals surface area contributed by atoms with Gasteiger partial charge in [0.2, 0.25) is 0 Å². The van der Waals surface area contributed by atoms with Crippen LogP contribution in [0, 0.1) is 11.3 Å². The molecule has 0 saturated carbocycles. The summed E-state index contributed by atoms with van der Waals surface area (Å²) in [6, 6.07) is 13.7. The average molecular weight is 282 g/mol. The highest BCUT2D eigenvalue weighted by atomic mass is 32.1. The monoisotopic (exact) mass is 282 g/mol. The zero-order chi connectivity index (χ0) is 13.9. The average Bonchev–Trinajstić information content (AvgIpc) is 2.93. The number of fused-ring (bicyclic) bond motifs is 1.